The molecule has 1 saturated heterocycles. The summed E-state index contributed by atoms with van der Waals surface area (Å²) in [6, 6.07) is 8.22. The molecule has 10 nitrogen and oxygen atoms in total. The van der Waals surface area contributed by atoms with Gasteiger partial charge in [-0.2, -0.15) is 9.97 Å². The molecule has 1 aliphatic heterocycles. The summed E-state index contributed by atoms with van der Waals surface area (Å²) in [7, 11) is 1.67. The van der Waals surface area contributed by atoms with E-state index in [0.717, 1.165) is 38.5 Å². The molecule has 0 unspecified atom stereocenters. The van der Waals surface area contributed by atoms with Gasteiger partial charge in [0.25, 0.3) is 0 Å². The van der Waals surface area contributed by atoms with Crippen molar-refractivity contribution in [2.75, 3.05) is 63.7 Å². The van der Waals surface area contributed by atoms with Gasteiger partial charge in [-0.15, -0.1) is 5.10 Å². The SMILES string of the molecule is COCCOc1ccc(N2CCN(CCn3nnc4c(Cl)nc(N)nc43)CC2)cc1. The Morgan fingerprint density at radius 1 is 1.03 bits per heavy atom. The van der Waals surface area contributed by atoms with Crippen LogP contribution in [0.4, 0.5) is 11.6 Å². The minimum absolute atomic E-state index is 0.125. The number of hydrogen-bond donors (Lipinski definition) is 1. The molecule has 1 aromatic carbocycles. The highest BCUT2D eigenvalue weighted by molar-refractivity contribution is 6.33. The van der Waals surface area contributed by atoms with Gasteiger partial charge in [0.15, 0.2) is 16.3 Å². The molecule has 1 fully saturated rings. The molecule has 0 atom stereocenters. The van der Waals surface area contributed by atoms with Crippen LogP contribution in [-0.2, 0) is 11.3 Å². The van der Waals surface area contributed by atoms with Crippen LogP contribution in [0.2, 0.25) is 5.15 Å². The standard InChI is InChI=1S/C19H25ClN8O2/c1-29-12-13-30-15-4-2-14(3-5-15)27-9-6-26(7-10-27)8-11-28-18-16(24-25-28)17(20)22-19(21)23-18/h2-5H,6-13H2,1H3,(H2,21,22,23). The van der Waals surface area contributed by atoms with E-state index in [1.807, 2.05) is 12.1 Å². The summed E-state index contributed by atoms with van der Waals surface area (Å²) in [6.07, 6.45) is 0. The smallest absolute Gasteiger partial charge is 0.223 e. The molecule has 11 heteroatoms. The van der Waals surface area contributed by atoms with Crippen molar-refractivity contribution in [1.29, 1.82) is 0 Å². The van der Waals surface area contributed by atoms with Crippen LogP contribution in [0.3, 0.4) is 0 Å². The van der Waals surface area contributed by atoms with E-state index < -0.39 is 0 Å². The van der Waals surface area contributed by atoms with Crippen LogP contribution in [0.15, 0.2) is 24.3 Å². The number of piperazine rings is 1. The lowest BCUT2D eigenvalue weighted by atomic mass is 10.2. The second kappa shape index (κ2) is 9.41. The lowest BCUT2D eigenvalue weighted by Gasteiger charge is -2.36. The number of nitrogens with zero attached hydrogens (tertiary/aromatic N) is 7. The molecular weight excluding hydrogens is 408 g/mol. The van der Waals surface area contributed by atoms with Crippen LogP contribution >= 0.6 is 11.6 Å². The number of rotatable bonds is 8. The topological polar surface area (TPSA) is 107 Å². The number of methoxy groups -OCH3 is 1. The first kappa shape index (κ1) is 20.6. The quantitative estimate of drug-likeness (QED) is 0.416. The van der Waals surface area contributed by atoms with Gasteiger partial charge in [-0.1, -0.05) is 16.8 Å². The summed E-state index contributed by atoms with van der Waals surface area (Å²) < 4.78 is 12.4. The van der Waals surface area contributed by atoms with E-state index in [1.54, 1.807) is 11.8 Å². The van der Waals surface area contributed by atoms with Crippen LogP contribution in [-0.4, -0.2) is 82.9 Å². The van der Waals surface area contributed by atoms with Gasteiger partial charge in [-0.25, -0.2) is 4.68 Å². The number of nitrogen functional groups attached to an aromatic ring is 1. The van der Waals surface area contributed by atoms with Crippen molar-refractivity contribution in [2.24, 2.45) is 0 Å². The third-order valence-electron chi connectivity index (χ3n) is 5.10. The van der Waals surface area contributed by atoms with Gasteiger partial charge in [-0.3, -0.25) is 4.90 Å². The van der Waals surface area contributed by atoms with Crippen molar-refractivity contribution in [3.05, 3.63) is 29.4 Å². The van der Waals surface area contributed by atoms with Crippen LogP contribution in [0.5, 0.6) is 5.75 Å². The number of aromatic nitrogens is 5. The summed E-state index contributed by atoms with van der Waals surface area (Å²) >= 11 is 6.06. The molecular formula is C19H25ClN8O2. The van der Waals surface area contributed by atoms with Gasteiger partial charge in [-0.05, 0) is 24.3 Å². The maximum atomic E-state index is 6.06. The van der Waals surface area contributed by atoms with Gasteiger partial charge in [0.1, 0.15) is 12.4 Å². The molecule has 2 aromatic heterocycles. The molecule has 0 amide bonds. The van der Waals surface area contributed by atoms with E-state index in [9.17, 15) is 0 Å². The first-order valence-corrected chi connectivity index (χ1v) is 10.2. The first-order valence-electron chi connectivity index (χ1n) is 9.85. The average Bonchev–Trinajstić information content (AvgIpc) is 3.16. The average molecular weight is 433 g/mol. The number of ether oxygens (including phenoxy) is 2. The van der Waals surface area contributed by atoms with Crippen LogP contribution in [0, 0.1) is 0 Å². The van der Waals surface area contributed by atoms with E-state index in [0.29, 0.717) is 30.9 Å². The van der Waals surface area contributed by atoms with Gasteiger partial charge >= 0.3 is 0 Å². The molecule has 0 spiro atoms. The molecule has 30 heavy (non-hydrogen) atoms. The molecule has 1 aliphatic rings. The predicted molar refractivity (Wildman–Crippen MR) is 115 cm³/mol. The van der Waals surface area contributed by atoms with E-state index in [4.69, 9.17) is 26.8 Å². The van der Waals surface area contributed by atoms with Gasteiger partial charge in [0.2, 0.25) is 5.95 Å². The zero-order valence-electron chi connectivity index (χ0n) is 16.9. The monoisotopic (exact) mass is 432 g/mol. The number of anilines is 2. The third kappa shape index (κ3) is 4.72. The van der Waals surface area contributed by atoms with Crippen LogP contribution in [0.1, 0.15) is 0 Å². The second-order valence-electron chi connectivity index (χ2n) is 7.02. The number of fused-ring (bicyclic) bond motifs is 1. The molecule has 160 valence electrons. The largest absolute Gasteiger partial charge is 0.491 e. The lowest BCUT2D eigenvalue weighted by Crippen LogP contribution is -2.47. The number of benzene rings is 1. The predicted octanol–water partition coefficient (Wildman–Crippen LogP) is 1.30. The Morgan fingerprint density at radius 2 is 1.80 bits per heavy atom. The number of hydrogen-bond acceptors (Lipinski definition) is 9. The van der Waals surface area contributed by atoms with Crippen LogP contribution < -0.4 is 15.4 Å². The Labute approximate surface area is 179 Å². The molecule has 0 bridgehead atoms. The fourth-order valence-electron chi connectivity index (χ4n) is 3.45. The Kier molecular flexibility index (Phi) is 6.46. The highest BCUT2D eigenvalue weighted by Crippen LogP contribution is 2.21. The van der Waals surface area contributed by atoms with Gasteiger partial charge in [0, 0.05) is 45.5 Å². The number of nitrogens with two attached hydrogens (primary N) is 1. The van der Waals surface area contributed by atoms with Crippen molar-refractivity contribution in [3.8, 4) is 5.75 Å². The maximum Gasteiger partial charge on any atom is 0.223 e. The summed E-state index contributed by atoms with van der Waals surface area (Å²) in [6.45, 7) is 6.51. The van der Waals surface area contributed by atoms with Crippen molar-refractivity contribution in [1.82, 2.24) is 29.9 Å². The third-order valence-corrected chi connectivity index (χ3v) is 5.36. The van der Waals surface area contributed by atoms with Gasteiger partial charge < -0.3 is 20.1 Å². The van der Waals surface area contributed by atoms with Crippen molar-refractivity contribution in [3.63, 3.8) is 0 Å². The fraction of sp³-hybridized carbons (Fsp3) is 0.474. The maximum absolute atomic E-state index is 6.06. The molecule has 0 saturated carbocycles. The zero-order valence-corrected chi connectivity index (χ0v) is 17.6. The molecule has 4 rings (SSSR count). The molecule has 3 aromatic rings. The van der Waals surface area contributed by atoms with E-state index >= 15 is 0 Å². The zero-order chi connectivity index (χ0) is 20.9. The Bertz CT molecular complexity index is 973. The van der Waals surface area contributed by atoms with Crippen LogP contribution in [0.25, 0.3) is 11.2 Å². The summed E-state index contributed by atoms with van der Waals surface area (Å²) in [4.78, 5) is 12.9. The summed E-state index contributed by atoms with van der Waals surface area (Å²) in [5, 5.41) is 8.44. The molecule has 0 radical (unpaired) electrons. The normalized spacial score (nSPS) is 15.1. The van der Waals surface area contributed by atoms with E-state index in [2.05, 4.69) is 42.2 Å². The van der Waals surface area contributed by atoms with Crippen molar-refractivity contribution in [2.45, 2.75) is 6.54 Å². The number of halogens is 1. The molecule has 2 N–H and O–H groups in total. The summed E-state index contributed by atoms with van der Waals surface area (Å²) in [5.74, 6) is 0.985. The lowest BCUT2D eigenvalue weighted by molar-refractivity contribution is 0.146. The molecule has 0 aliphatic carbocycles. The van der Waals surface area contributed by atoms with E-state index in [1.165, 1.54) is 5.69 Å². The highest BCUT2D eigenvalue weighted by Gasteiger charge is 2.18. The van der Waals surface area contributed by atoms with Crippen molar-refractivity contribution >= 4 is 34.4 Å². The van der Waals surface area contributed by atoms with Gasteiger partial charge in [0.05, 0.1) is 13.2 Å². The molecule has 3 heterocycles. The highest BCUT2D eigenvalue weighted by atomic mass is 35.5. The fourth-order valence-corrected chi connectivity index (χ4v) is 3.66. The van der Waals surface area contributed by atoms with Crippen molar-refractivity contribution < 1.29 is 9.47 Å². The minimum atomic E-state index is 0.125. The first-order chi connectivity index (χ1) is 14.6. The van der Waals surface area contributed by atoms with E-state index in [-0.39, 0.29) is 11.1 Å². The Morgan fingerprint density at radius 3 is 2.53 bits per heavy atom. The summed E-state index contributed by atoms with van der Waals surface area (Å²) in [5.41, 5.74) is 7.95. The Hall–Kier alpha value is -2.69. The minimum Gasteiger partial charge on any atom is -0.491 e. The second-order valence-corrected chi connectivity index (χ2v) is 7.38. The Balaban J connectivity index is 1.28.